The van der Waals surface area contributed by atoms with E-state index < -0.39 is 48.9 Å². The Labute approximate surface area is 120 Å². The number of carbonyl (C=O) groups is 1. The first kappa shape index (κ1) is 17.0. The van der Waals surface area contributed by atoms with Crippen LogP contribution >= 0.6 is 0 Å². The predicted octanol–water partition coefficient (Wildman–Crippen LogP) is -3.35. The van der Waals surface area contributed by atoms with Gasteiger partial charge < -0.3 is 41.9 Å². The molecule has 5 atom stereocenters. The van der Waals surface area contributed by atoms with Gasteiger partial charge in [0.2, 0.25) is 5.91 Å². The van der Waals surface area contributed by atoms with Crippen LogP contribution in [0, 0.1) is 0 Å². The number of nitrogens with zero attached hydrogens (tertiary/aromatic N) is 1. The summed E-state index contributed by atoms with van der Waals surface area (Å²) in [6, 6.07) is -1.85. The molecule has 1 aliphatic rings. The Kier molecular flexibility index (Phi) is 5.76. The summed E-state index contributed by atoms with van der Waals surface area (Å²) >= 11 is 0. The number of rotatable bonds is 5. The van der Waals surface area contributed by atoms with Crippen molar-refractivity contribution in [2.24, 2.45) is 16.5 Å². The monoisotopic (exact) mass is 304 g/mol. The molecule has 0 aliphatic carbocycles. The standard InChI is InChI=1S/C11H20N4O6/c1-4(17)14-8-5(15-11(12)13)2-7(19)21-10(8)9(20)6(18)3-16/h2,5-6,8-10,16,18-20H,3H2,1H3,(H,14,17)(H4,12,13,15)/t5?,6-,8?,9-,10?/m1/s1. The van der Waals surface area contributed by atoms with Gasteiger partial charge in [-0.2, -0.15) is 0 Å². The first-order valence-corrected chi connectivity index (χ1v) is 6.16. The van der Waals surface area contributed by atoms with Gasteiger partial charge in [-0.1, -0.05) is 0 Å². The lowest BCUT2D eigenvalue weighted by atomic mass is 9.93. The maximum atomic E-state index is 11.3. The van der Waals surface area contributed by atoms with Gasteiger partial charge in [0.15, 0.2) is 12.1 Å². The molecule has 10 nitrogen and oxygen atoms in total. The molecule has 0 spiro atoms. The van der Waals surface area contributed by atoms with Crippen molar-refractivity contribution in [1.29, 1.82) is 0 Å². The van der Waals surface area contributed by atoms with Crippen LogP contribution in [0.15, 0.2) is 17.0 Å². The number of guanidine groups is 1. The minimum absolute atomic E-state index is 0.294. The van der Waals surface area contributed by atoms with Crippen LogP contribution in [0.25, 0.3) is 0 Å². The minimum Gasteiger partial charge on any atom is -0.481 e. The summed E-state index contributed by atoms with van der Waals surface area (Å²) < 4.78 is 5.03. The minimum atomic E-state index is -1.58. The Morgan fingerprint density at radius 3 is 2.62 bits per heavy atom. The number of nitrogens with two attached hydrogens (primary N) is 2. The average molecular weight is 304 g/mol. The highest BCUT2D eigenvalue weighted by Gasteiger charge is 2.42. The number of aliphatic hydroxyl groups is 4. The molecule has 0 fully saturated rings. The number of amides is 1. The van der Waals surface area contributed by atoms with Crippen molar-refractivity contribution >= 4 is 11.9 Å². The van der Waals surface area contributed by atoms with Gasteiger partial charge in [0, 0.05) is 13.0 Å². The molecule has 0 aromatic rings. The zero-order valence-corrected chi connectivity index (χ0v) is 11.4. The highest BCUT2D eigenvalue weighted by molar-refractivity contribution is 5.76. The Balaban J connectivity index is 3.12. The summed E-state index contributed by atoms with van der Waals surface area (Å²) in [5, 5.41) is 40.4. The van der Waals surface area contributed by atoms with Gasteiger partial charge in [-0.3, -0.25) is 4.79 Å². The van der Waals surface area contributed by atoms with Gasteiger partial charge in [-0.05, 0) is 0 Å². The van der Waals surface area contributed by atoms with E-state index >= 15 is 0 Å². The van der Waals surface area contributed by atoms with E-state index in [1.165, 1.54) is 6.92 Å². The smallest absolute Gasteiger partial charge is 0.275 e. The van der Waals surface area contributed by atoms with E-state index in [-0.39, 0.29) is 5.96 Å². The van der Waals surface area contributed by atoms with E-state index in [2.05, 4.69) is 10.3 Å². The molecule has 0 saturated carbocycles. The van der Waals surface area contributed by atoms with Gasteiger partial charge in [0.1, 0.15) is 18.2 Å². The maximum absolute atomic E-state index is 11.3. The molecular weight excluding hydrogens is 284 g/mol. The molecule has 9 N–H and O–H groups in total. The molecule has 0 aromatic carbocycles. The van der Waals surface area contributed by atoms with Crippen LogP contribution in [0.1, 0.15) is 6.92 Å². The molecule has 0 saturated heterocycles. The quantitative estimate of drug-likeness (QED) is 0.203. The number of ether oxygens (including phenoxy) is 1. The van der Waals surface area contributed by atoms with Gasteiger partial charge in [0.05, 0.1) is 12.6 Å². The van der Waals surface area contributed by atoms with Gasteiger partial charge in [-0.25, -0.2) is 4.99 Å². The van der Waals surface area contributed by atoms with E-state index in [9.17, 15) is 20.1 Å². The van der Waals surface area contributed by atoms with Gasteiger partial charge >= 0.3 is 0 Å². The normalized spacial score (nSPS) is 27.8. The second kappa shape index (κ2) is 7.11. The summed E-state index contributed by atoms with van der Waals surface area (Å²) in [7, 11) is 0. The number of hydrogen-bond acceptors (Lipinski definition) is 7. The van der Waals surface area contributed by atoms with E-state index in [1.807, 2.05) is 0 Å². The summed E-state index contributed by atoms with van der Waals surface area (Å²) in [5.74, 6) is -1.32. The molecule has 1 rings (SSSR count). The van der Waals surface area contributed by atoms with Crippen molar-refractivity contribution in [3.05, 3.63) is 12.0 Å². The zero-order valence-electron chi connectivity index (χ0n) is 11.4. The van der Waals surface area contributed by atoms with Crippen LogP contribution < -0.4 is 16.8 Å². The second-order valence-corrected chi connectivity index (χ2v) is 4.60. The number of hydrogen-bond donors (Lipinski definition) is 7. The summed E-state index contributed by atoms with van der Waals surface area (Å²) in [6.07, 6.45) is -3.22. The molecule has 0 bridgehead atoms. The van der Waals surface area contributed by atoms with Crippen LogP contribution in [0.2, 0.25) is 0 Å². The highest BCUT2D eigenvalue weighted by atomic mass is 16.6. The third-order valence-electron chi connectivity index (χ3n) is 2.88. The number of aliphatic hydroxyl groups excluding tert-OH is 4. The van der Waals surface area contributed by atoms with Crippen molar-refractivity contribution < 1.29 is 30.0 Å². The number of carbonyl (C=O) groups excluding carboxylic acids is 1. The van der Waals surface area contributed by atoms with E-state index in [0.717, 1.165) is 6.08 Å². The lowest BCUT2D eigenvalue weighted by Gasteiger charge is -2.37. The van der Waals surface area contributed by atoms with Crippen LogP contribution in [0.5, 0.6) is 0 Å². The van der Waals surface area contributed by atoms with Crippen molar-refractivity contribution in [2.75, 3.05) is 6.61 Å². The number of nitrogens with one attached hydrogen (secondary N) is 1. The Morgan fingerprint density at radius 2 is 2.14 bits per heavy atom. The van der Waals surface area contributed by atoms with Crippen LogP contribution in [0.3, 0.4) is 0 Å². The molecule has 21 heavy (non-hydrogen) atoms. The fraction of sp³-hybridized carbons (Fsp3) is 0.636. The van der Waals surface area contributed by atoms with Crippen molar-refractivity contribution in [3.8, 4) is 0 Å². The fourth-order valence-corrected chi connectivity index (χ4v) is 2.00. The molecule has 3 unspecified atom stereocenters. The van der Waals surface area contributed by atoms with Crippen molar-refractivity contribution in [3.63, 3.8) is 0 Å². The molecular formula is C11H20N4O6. The third kappa shape index (κ3) is 4.48. The van der Waals surface area contributed by atoms with E-state index in [1.54, 1.807) is 0 Å². The Hall–Kier alpha value is -2.04. The predicted molar refractivity (Wildman–Crippen MR) is 71.9 cm³/mol. The third-order valence-corrected chi connectivity index (χ3v) is 2.88. The van der Waals surface area contributed by atoms with E-state index in [0.29, 0.717) is 0 Å². The fourth-order valence-electron chi connectivity index (χ4n) is 2.00. The van der Waals surface area contributed by atoms with Crippen molar-refractivity contribution in [1.82, 2.24) is 5.32 Å². The topological polar surface area (TPSA) is 184 Å². The first-order chi connectivity index (χ1) is 9.76. The summed E-state index contributed by atoms with van der Waals surface area (Å²) in [5.41, 5.74) is 10.6. The Bertz CT molecular complexity index is 436. The average Bonchev–Trinajstić information content (AvgIpc) is 2.38. The molecule has 0 radical (unpaired) electrons. The number of aliphatic imine (C=N–C) groups is 1. The maximum Gasteiger partial charge on any atom is 0.275 e. The highest BCUT2D eigenvalue weighted by Crippen LogP contribution is 2.23. The molecule has 1 heterocycles. The summed E-state index contributed by atoms with van der Waals surface area (Å²) in [6.45, 7) is 0.502. The van der Waals surface area contributed by atoms with Crippen molar-refractivity contribution in [2.45, 2.75) is 37.3 Å². The first-order valence-electron chi connectivity index (χ1n) is 6.16. The molecule has 0 aromatic heterocycles. The van der Waals surface area contributed by atoms with E-state index in [4.69, 9.17) is 21.3 Å². The molecule has 1 amide bonds. The SMILES string of the molecule is CC(=O)NC1C(N=C(N)N)C=C(O)OC1[C@H](O)[C@H](O)CO. The van der Waals surface area contributed by atoms with Crippen LogP contribution in [-0.4, -0.2) is 69.3 Å². The molecule has 1 aliphatic heterocycles. The molecule has 120 valence electrons. The zero-order chi connectivity index (χ0) is 16.2. The second-order valence-electron chi connectivity index (χ2n) is 4.60. The lowest BCUT2D eigenvalue weighted by Crippen LogP contribution is -2.59. The van der Waals surface area contributed by atoms with Gasteiger partial charge in [-0.15, -0.1) is 0 Å². The van der Waals surface area contributed by atoms with Crippen LogP contribution in [0.4, 0.5) is 0 Å². The van der Waals surface area contributed by atoms with Crippen LogP contribution in [-0.2, 0) is 9.53 Å². The largest absolute Gasteiger partial charge is 0.481 e. The lowest BCUT2D eigenvalue weighted by molar-refractivity contribution is -0.133. The Morgan fingerprint density at radius 1 is 1.52 bits per heavy atom. The summed E-state index contributed by atoms with van der Waals surface area (Å²) in [4.78, 5) is 15.1. The molecule has 10 heteroatoms. The van der Waals surface area contributed by atoms with Gasteiger partial charge in [0.25, 0.3) is 5.95 Å².